The molecular weight excluding hydrogens is 376 g/mol. The lowest BCUT2D eigenvalue weighted by Crippen LogP contribution is -2.53. The van der Waals surface area contributed by atoms with Crippen LogP contribution in [0.15, 0.2) is 48.5 Å². The van der Waals surface area contributed by atoms with Gasteiger partial charge in [0.15, 0.2) is 0 Å². The van der Waals surface area contributed by atoms with E-state index in [2.05, 4.69) is 63.3 Å². The number of para-hydroxylation sites is 1. The van der Waals surface area contributed by atoms with Gasteiger partial charge in [-0.05, 0) is 49.7 Å². The lowest BCUT2D eigenvalue weighted by molar-refractivity contribution is -0.120. The lowest BCUT2D eigenvalue weighted by Gasteiger charge is -2.39. The number of morpholine rings is 1. The van der Waals surface area contributed by atoms with Gasteiger partial charge in [-0.1, -0.05) is 18.2 Å². The summed E-state index contributed by atoms with van der Waals surface area (Å²) in [4.78, 5) is 19.8. The van der Waals surface area contributed by atoms with Crippen LogP contribution in [0.25, 0.3) is 0 Å². The number of rotatable bonds is 5. The van der Waals surface area contributed by atoms with Gasteiger partial charge in [-0.3, -0.25) is 9.69 Å². The summed E-state index contributed by atoms with van der Waals surface area (Å²) in [6, 6.07) is 16.5. The number of carbonyl (C=O) groups is 1. The van der Waals surface area contributed by atoms with Crippen LogP contribution in [0.4, 0.5) is 17.1 Å². The predicted octanol–water partition coefficient (Wildman–Crippen LogP) is 2.98. The standard InChI is InChI=1S/C24H32N4O2/c1-19-5-3-4-6-23(19)28-13-11-26(12-14-28)20(2)24(29)25-21-7-9-22(10-8-21)27-15-17-30-18-16-27/h3-10,20H,11-18H2,1-2H3,(H,25,29)/t20-/m1/s1. The normalized spacial score (nSPS) is 18.9. The van der Waals surface area contributed by atoms with Crippen molar-refractivity contribution in [3.63, 3.8) is 0 Å². The summed E-state index contributed by atoms with van der Waals surface area (Å²) >= 11 is 0. The van der Waals surface area contributed by atoms with E-state index < -0.39 is 0 Å². The molecule has 30 heavy (non-hydrogen) atoms. The largest absolute Gasteiger partial charge is 0.378 e. The first-order valence-electron chi connectivity index (χ1n) is 10.9. The average Bonchev–Trinajstić information content (AvgIpc) is 2.80. The van der Waals surface area contributed by atoms with Crippen molar-refractivity contribution in [2.45, 2.75) is 19.9 Å². The van der Waals surface area contributed by atoms with Crippen LogP contribution in [0, 0.1) is 6.92 Å². The van der Waals surface area contributed by atoms with Crippen molar-refractivity contribution < 1.29 is 9.53 Å². The first-order chi connectivity index (χ1) is 14.6. The molecule has 2 aromatic rings. The molecule has 1 atom stereocenters. The Kier molecular flexibility index (Phi) is 6.55. The number of nitrogens with zero attached hydrogens (tertiary/aromatic N) is 3. The average molecular weight is 409 g/mol. The van der Waals surface area contributed by atoms with Crippen LogP contribution in [-0.2, 0) is 9.53 Å². The molecule has 0 radical (unpaired) electrons. The Morgan fingerprint density at radius 2 is 1.57 bits per heavy atom. The number of benzene rings is 2. The van der Waals surface area contributed by atoms with Gasteiger partial charge in [0.25, 0.3) is 0 Å². The Morgan fingerprint density at radius 1 is 0.900 bits per heavy atom. The van der Waals surface area contributed by atoms with Gasteiger partial charge >= 0.3 is 0 Å². The summed E-state index contributed by atoms with van der Waals surface area (Å²) in [7, 11) is 0. The Morgan fingerprint density at radius 3 is 2.23 bits per heavy atom. The summed E-state index contributed by atoms with van der Waals surface area (Å²) in [6.45, 7) is 11.2. The van der Waals surface area contributed by atoms with Crippen molar-refractivity contribution in [2.75, 3.05) is 67.6 Å². The highest BCUT2D eigenvalue weighted by Gasteiger charge is 2.26. The van der Waals surface area contributed by atoms with Gasteiger partial charge in [0, 0.05) is 56.3 Å². The van der Waals surface area contributed by atoms with E-state index in [0.29, 0.717) is 0 Å². The van der Waals surface area contributed by atoms with Crippen molar-refractivity contribution in [1.82, 2.24) is 4.90 Å². The Labute approximate surface area is 179 Å². The molecule has 0 unspecified atom stereocenters. The van der Waals surface area contributed by atoms with Crippen molar-refractivity contribution in [2.24, 2.45) is 0 Å². The fourth-order valence-electron chi connectivity index (χ4n) is 4.26. The van der Waals surface area contributed by atoms with Crippen molar-refractivity contribution in [1.29, 1.82) is 0 Å². The number of amides is 1. The number of ether oxygens (including phenoxy) is 1. The molecular formula is C24H32N4O2. The van der Waals surface area contributed by atoms with E-state index >= 15 is 0 Å². The number of hydrogen-bond acceptors (Lipinski definition) is 5. The van der Waals surface area contributed by atoms with Gasteiger partial charge in [0.05, 0.1) is 19.3 Å². The summed E-state index contributed by atoms with van der Waals surface area (Å²) in [6.07, 6.45) is 0. The molecule has 0 aliphatic carbocycles. The van der Waals surface area contributed by atoms with E-state index in [1.807, 2.05) is 19.1 Å². The van der Waals surface area contributed by atoms with Crippen LogP contribution in [-0.4, -0.2) is 69.3 Å². The molecule has 2 aromatic carbocycles. The van der Waals surface area contributed by atoms with E-state index in [1.54, 1.807) is 0 Å². The molecule has 6 nitrogen and oxygen atoms in total. The number of anilines is 3. The van der Waals surface area contributed by atoms with E-state index in [-0.39, 0.29) is 11.9 Å². The van der Waals surface area contributed by atoms with Crippen molar-refractivity contribution in [3.05, 3.63) is 54.1 Å². The minimum atomic E-state index is -0.150. The number of nitrogens with one attached hydrogen (secondary N) is 1. The number of piperazine rings is 1. The van der Waals surface area contributed by atoms with Gasteiger partial charge in [-0.25, -0.2) is 0 Å². The summed E-state index contributed by atoms with van der Waals surface area (Å²) in [5, 5.41) is 3.08. The number of carbonyl (C=O) groups excluding carboxylic acids is 1. The van der Waals surface area contributed by atoms with Gasteiger partial charge in [0.1, 0.15) is 0 Å². The molecule has 160 valence electrons. The van der Waals surface area contributed by atoms with Crippen LogP contribution < -0.4 is 15.1 Å². The van der Waals surface area contributed by atoms with Crippen molar-refractivity contribution in [3.8, 4) is 0 Å². The second-order valence-corrected chi connectivity index (χ2v) is 8.12. The third kappa shape index (κ3) is 4.77. The molecule has 0 bridgehead atoms. The highest BCUT2D eigenvalue weighted by atomic mass is 16.5. The summed E-state index contributed by atoms with van der Waals surface area (Å²) < 4.78 is 5.41. The summed E-state index contributed by atoms with van der Waals surface area (Å²) in [5.41, 5.74) is 4.63. The Balaban J connectivity index is 1.29. The smallest absolute Gasteiger partial charge is 0.241 e. The van der Waals surface area contributed by atoms with Crippen LogP contribution in [0.5, 0.6) is 0 Å². The van der Waals surface area contributed by atoms with Gasteiger partial charge < -0.3 is 19.9 Å². The minimum absolute atomic E-state index is 0.0541. The number of hydrogen-bond donors (Lipinski definition) is 1. The second-order valence-electron chi connectivity index (χ2n) is 8.12. The Bertz CT molecular complexity index is 841. The van der Waals surface area contributed by atoms with E-state index in [4.69, 9.17) is 4.74 Å². The molecule has 0 saturated carbocycles. The maximum absolute atomic E-state index is 12.8. The third-order valence-electron chi connectivity index (χ3n) is 6.21. The second kappa shape index (κ2) is 9.49. The summed E-state index contributed by atoms with van der Waals surface area (Å²) in [5.74, 6) is 0.0541. The molecule has 2 aliphatic heterocycles. The molecule has 2 saturated heterocycles. The SMILES string of the molecule is Cc1ccccc1N1CCN([C@H](C)C(=O)Nc2ccc(N3CCOCC3)cc2)CC1. The highest BCUT2D eigenvalue weighted by molar-refractivity contribution is 5.94. The first kappa shape index (κ1) is 20.7. The fourth-order valence-corrected chi connectivity index (χ4v) is 4.26. The molecule has 4 rings (SSSR count). The van der Waals surface area contributed by atoms with Gasteiger partial charge in [-0.15, -0.1) is 0 Å². The van der Waals surface area contributed by atoms with Gasteiger partial charge in [-0.2, -0.15) is 0 Å². The monoisotopic (exact) mass is 408 g/mol. The van der Waals surface area contributed by atoms with Crippen LogP contribution in [0.1, 0.15) is 12.5 Å². The zero-order valence-electron chi connectivity index (χ0n) is 18.0. The molecule has 0 aromatic heterocycles. The van der Waals surface area contributed by atoms with Gasteiger partial charge in [0.2, 0.25) is 5.91 Å². The molecule has 1 N–H and O–H groups in total. The fraction of sp³-hybridized carbons (Fsp3) is 0.458. The third-order valence-corrected chi connectivity index (χ3v) is 6.21. The predicted molar refractivity (Wildman–Crippen MR) is 123 cm³/mol. The van der Waals surface area contributed by atoms with Crippen LogP contribution >= 0.6 is 0 Å². The zero-order chi connectivity index (χ0) is 20.9. The topological polar surface area (TPSA) is 48.0 Å². The molecule has 2 aliphatic rings. The quantitative estimate of drug-likeness (QED) is 0.824. The van der Waals surface area contributed by atoms with Crippen LogP contribution in [0.2, 0.25) is 0 Å². The highest BCUT2D eigenvalue weighted by Crippen LogP contribution is 2.22. The van der Waals surface area contributed by atoms with Crippen molar-refractivity contribution >= 4 is 23.0 Å². The maximum atomic E-state index is 12.8. The minimum Gasteiger partial charge on any atom is -0.378 e. The molecule has 2 heterocycles. The maximum Gasteiger partial charge on any atom is 0.241 e. The lowest BCUT2D eigenvalue weighted by atomic mass is 10.1. The zero-order valence-corrected chi connectivity index (χ0v) is 18.0. The van der Waals surface area contributed by atoms with E-state index in [1.165, 1.54) is 16.9 Å². The molecule has 0 spiro atoms. The van der Waals surface area contributed by atoms with Crippen LogP contribution in [0.3, 0.4) is 0 Å². The molecule has 6 heteroatoms. The first-order valence-corrected chi connectivity index (χ1v) is 10.9. The molecule has 1 amide bonds. The Hall–Kier alpha value is -2.57. The van der Waals surface area contributed by atoms with E-state index in [0.717, 1.165) is 58.2 Å². The molecule has 2 fully saturated rings. The van der Waals surface area contributed by atoms with E-state index in [9.17, 15) is 4.79 Å². The number of aryl methyl sites for hydroxylation is 1.